The Morgan fingerprint density at radius 1 is 1.15 bits per heavy atom. The van der Waals surface area contributed by atoms with Crippen molar-refractivity contribution in [2.24, 2.45) is 4.99 Å². The number of aromatic nitrogens is 1. The summed E-state index contributed by atoms with van der Waals surface area (Å²) in [5.74, 6) is 1.44. The van der Waals surface area contributed by atoms with Crippen LogP contribution in [0.1, 0.15) is 16.7 Å². The third-order valence-corrected chi connectivity index (χ3v) is 4.06. The number of benzene rings is 1. The van der Waals surface area contributed by atoms with Crippen LogP contribution in [-0.4, -0.2) is 50.3 Å². The van der Waals surface area contributed by atoms with Gasteiger partial charge in [0, 0.05) is 46.1 Å². The van der Waals surface area contributed by atoms with Crippen LogP contribution in [0.25, 0.3) is 0 Å². The zero-order valence-electron chi connectivity index (χ0n) is 16.4. The predicted octanol–water partition coefficient (Wildman–Crippen LogP) is 3.24. The number of aryl methyl sites for hydroxylation is 1. The van der Waals surface area contributed by atoms with E-state index in [0.29, 0.717) is 25.6 Å². The van der Waals surface area contributed by atoms with E-state index in [1.807, 2.05) is 19.2 Å². The Balaban J connectivity index is 0.00000364. The number of nitrogens with zero attached hydrogens (tertiary/aromatic N) is 3. The van der Waals surface area contributed by atoms with Gasteiger partial charge in [0.1, 0.15) is 6.61 Å². The summed E-state index contributed by atoms with van der Waals surface area (Å²) in [6.07, 6.45) is 1.73. The first kappa shape index (κ1) is 23.2. The van der Waals surface area contributed by atoms with E-state index >= 15 is 0 Å². The summed E-state index contributed by atoms with van der Waals surface area (Å²) in [5, 5.41) is 3.38. The van der Waals surface area contributed by atoms with Gasteiger partial charge in [0.05, 0.1) is 6.61 Å². The molecular weight excluding hydrogens is 455 g/mol. The maximum absolute atomic E-state index is 5.69. The van der Waals surface area contributed by atoms with Crippen LogP contribution in [0.2, 0.25) is 0 Å². The first-order valence-electron chi connectivity index (χ1n) is 8.67. The molecule has 0 amide bonds. The lowest BCUT2D eigenvalue weighted by atomic mass is 10.1. The molecule has 0 unspecified atom stereocenters. The number of nitrogens with one attached hydrogen (secondary N) is 1. The van der Waals surface area contributed by atoms with E-state index in [0.717, 1.165) is 18.1 Å². The average Bonchev–Trinajstić information content (AvgIpc) is 2.65. The highest BCUT2D eigenvalue weighted by Crippen LogP contribution is 2.14. The lowest BCUT2D eigenvalue weighted by Gasteiger charge is -2.23. The summed E-state index contributed by atoms with van der Waals surface area (Å²) in [4.78, 5) is 10.8. The zero-order valence-corrected chi connectivity index (χ0v) is 18.8. The van der Waals surface area contributed by atoms with Gasteiger partial charge in [-0.25, -0.2) is 4.98 Å². The van der Waals surface area contributed by atoms with Crippen LogP contribution >= 0.6 is 24.0 Å². The lowest BCUT2D eigenvalue weighted by molar-refractivity contribution is 0.143. The van der Waals surface area contributed by atoms with Gasteiger partial charge in [-0.05, 0) is 24.1 Å². The molecule has 0 aliphatic rings. The molecule has 0 saturated carbocycles. The van der Waals surface area contributed by atoms with Crippen LogP contribution < -0.4 is 10.1 Å². The van der Waals surface area contributed by atoms with Gasteiger partial charge in [-0.3, -0.25) is 4.99 Å². The molecule has 0 spiro atoms. The molecule has 0 aliphatic carbocycles. The lowest BCUT2D eigenvalue weighted by Crippen LogP contribution is -2.38. The number of guanidine groups is 1. The third-order valence-electron chi connectivity index (χ3n) is 4.06. The molecule has 0 fully saturated rings. The van der Waals surface area contributed by atoms with Gasteiger partial charge < -0.3 is 19.7 Å². The molecule has 7 heteroatoms. The molecule has 0 radical (unpaired) electrons. The number of methoxy groups -OCH3 is 1. The number of halogens is 1. The summed E-state index contributed by atoms with van der Waals surface area (Å²) < 4.78 is 10.7. The van der Waals surface area contributed by atoms with Crippen LogP contribution in [0.3, 0.4) is 0 Å². The molecule has 1 heterocycles. The highest BCUT2D eigenvalue weighted by atomic mass is 127. The smallest absolute Gasteiger partial charge is 0.218 e. The molecule has 2 aromatic rings. The van der Waals surface area contributed by atoms with E-state index in [-0.39, 0.29) is 24.0 Å². The van der Waals surface area contributed by atoms with Crippen molar-refractivity contribution < 1.29 is 9.47 Å². The second kappa shape index (κ2) is 12.5. The van der Waals surface area contributed by atoms with Crippen molar-refractivity contribution in [2.75, 3.05) is 34.4 Å². The minimum absolute atomic E-state index is 0. The summed E-state index contributed by atoms with van der Waals surface area (Å²) in [7, 11) is 5.47. The van der Waals surface area contributed by atoms with E-state index in [2.05, 4.69) is 51.4 Å². The molecule has 27 heavy (non-hydrogen) atoms. The Hall–Kier alpha value is -1.87. The molecule has 1 aromatic carbocycles. The van der Waals surface area contributed by atoms with Crippen LogP contribution in [0.5, 0.6) is 5.88 Å². The SMILES string of the molecule is CN=C(NCc1cccnc1OCCOC)N(C)Cc1ccccc1C.I. The van der Waals surface area contributed by atoms with E-state index < -0.39 is 0 Å². The van der Waals surface area contributed by atoms with Crippen molar-refractivity contribution in [3.05, 3.63) is 59.3 Å². The average molecular weight is 484 g/mol. The molecular formula is C20H29IN4O2. The minimum Gasteiger partial charge on any atom is -0.475 e. The normalized spacial score (nSPS) is 10.9. The molecule has 0 aliphatic heterocycles. The van der Waals surface area contributed by atoms with E-state index in [1.165, 1.54) is 11.1 Å². The van der Waals surface area contributed by atoms with Crippen LogP contribution in [0.15, 0.2) is 47.6 Å². The first-order valence-corrected chi connectivity index (χ1v) is 8.67. The fourth-order valence-corrected chi connectivity index (χ4v) is 2.59. The predicted molar refractivity (Wildman–Crippen MR) is 120 cm³/mol. The molecule has 6 nitrogen and oxygen atoms in total. The quantitative estimate of drug-likeness (QED) is 0.270. The molecule has 1 aromatic heterocycles. The van der Waals surface area contributed by atoms with Crippen molar-refractivity contribution in [2.45, 2.75) is 20.0 Å². The second-order valence-electron chi connectivity index (χ2n) is 5.99. The first-order chi connectivity index (χ1) is 12.7. The highest BCUT2D eigenvalue weighted by Gasteiger charge is 2.10. The fourth-order valence-electron chi connectivity index (χ4n) is 2.59. The number of hydrogen-bond acceptors (Lipinski definition) is 4. The van der Waals surface area contributed by atoms with E-state index in [4.69, 9.17) is 9.47 Å². The second-order valence-corrected chi connectivity index (χ2v) is 5.99. The highest BCUT2D eigenvalue weighted by molar-refractivity contribution is 14.0. The van der Waals surface area contributed by atoms with Gasteiger partial charge in [-0.1, -0.05) is 30.3 Å². The summed E-state index contributed by atoms with van der Waals surface area (Å²) in [5.41, 5.74) is 3.54. The van der Waals surface area contributed by atoms with Crippen molar-refractivity contribution >= 4 is 29.9 Å². The summed E-state index contributed by atoms with van der Waals surface area (Å²) in [6, 6.07) is 12.3. The Morgan fingerprint density at radius 2 is 1.89 bits per heavy atom. The topological polar surface area (TPSA) is 59.0 Å². The fraction of sp³-hybridized carbons (Fsp3) is 0.400. The standard InChI is InChI=1S/C20H28N4O2.HI/c1-16-8-5-6-9-18(16)15-24(3)20(21-2)23-14-17-10-7-11-22-19(17)26-13-12-25-4;/h5-11H,12-15H2,1-4H3,(H,21,23);1H. The largest absolute Gasteiger partial charge is 0.475 e. The van der Waals surface area contributed by atoms with Crippen LogP contribution in [-0.2, 0) is 17.8 Å². The Labute approximate surface area is 179 Å². The van der Waals surface area contributed by atoms with Crippen molar-refractivity contribution in [1.82, 2.24) is 15.2 Å². The maximum atomic E-state index is 5.69. The number of rotatable bonds is 8. The monoisotopic (exact) mass is 484 g/mol. The van der Waals surface area contributed by atoms with Gasteiger partial charge in [0.2, 0.25) is 5.88 Å². The maximum Gasteiger partial charge on any atom is 0.218 e. The van der Waals surface area contributed by atoms with Gasteiger partial charge in [0.25, 0.3) is 0 Å². The number of aliphatic imine (C=N–C) groups is 1. The van der Waals surface area contributed by atoms with Crippen LogP contribution in [0, 0.1) is 6.92 Å². The van der Waals surface area contributed by atoms with Gasteiger partial charge in [-0.2, -0.15) is 0 Å². The Kier molecular flexibility index (Phi) is 10.7. The Morgan fingerprint density at radius 3 is 2.59 bits per heavy atom. The molecule has 1 N–H and O–H groups in total. The molecule has 0 saturated heterocycles. The van der Waals surface area contributed by atoms with Gasteiger partial charge >= 0.3 is 0 Å². The van der Waals surface area contributed by atoms with E-state index in [9.17, 15) is 0 Å². The van der Waals surface area contributed by atoms with Gasteiger partial charge in [0.15, 0.2) is 5.96 Å². The number of pyridine rings is 1. The minimum atomic E-state index is 0. The summed E-state index contributed by atoms with van der Waals surface area (Å²) in [6.45, 7) is 4.50. The van der Waals surface area contributed by atoms with E-state index in [1.54, 1.807) is 20.4 Å². The summed E-state index contributed by atoms with van der Waals surface area (Å²) >= 11 is 0. The van der Waals surface area contributed by atoms with Crippen molar-refractivity contribution in [3.8, 4) is 5.88 Å². The number of ether oxygens (including phenoxy) is 2. The van der Waals surface area contributed by atoms with Crippen molar-refractivity contribution in [1.29, 1.82) is 0 Å². The number of hydrogen-bond donors (Lipinski definition) is 1. The molecule has 0 bridgehead atoms. The Bertz CT molecular complexity index is 725. The van der Waals surface area contributed by atoms with Gasteiger partial charge in [-0.15, -0.1) is 24.0 Å². The molecule has 148 valence electrons. The van der Waals surface area contributed by atoms with Crippen molar-refractivity contribution in [3.63, 3.8) is 0 Å². The molecule has 0 atom stereocenters. The molecule has 2 rings (SSSR count). The third kappa shape index (κ3) is 7.34. The zero-order chi connectivity index (χ0) is 18.8. The van der Waals surface area contributed by atoms with Crippen LogP contribution in [0.4, 0.5) is 0 Å².